The average Bonchev–Trinajstić information content (AvgIpc) is 2.85. The Morgan fingerprint density at radius 2 is 2.57 bits per heavy atom. The summed E-state index contributed by atoms with van der Waals surface area (Å²) in [6.45, 7) is 2.51. The number of ether oxygens (including phenoxy) is 1. The first-order valence-corrected chi connectivity index (χ1v) is 5.94. The van der Waals surface area contributed by atoms with Crippen LogP contribution >= 0.6 is 11.3 Å². The lowest BCUT2D eigenvalue weighted by atomic mass is 10.1. The molecule has 0 aliphatic carbocycles. The van der Waals surface area contributed by atoms with Gasteiger partial charge in [-0.05, 0) is 25.8 Å². The minimum Gasteiger partial charge on any atom is -0.381 e. The second kappa shape index (κ2) is 4.87. The summed E-state index contributed by atoms with van der Waals surface area (Å²) < 4.78 is 5.35. The Bertz CT molecular complexity index is 281. The van der Waals surface area contributed by atoms with Crippen molar-refractivity contribution in [1.82, 2.24) is 4.98 Å². The monoisotopic (exact) mass is 212 g/mol. The van der Waals surface area contributed by atoms with Crippen molar-refractivity contribution < 1.29 is 4.74 Å². The van der Waals surface area contributed by atoms with Crippen molar-refractivity contribution in [3.05, 3.63) is 16.1 Å². The molecule has 0 amide bonds. The fraction of sp³-hybridized carbons (Fsp3) is 0.700. The first-order chi connectivity index (χ1) is 6.90. The second-order valence-electron chi connectivity index (χ2n) is 3.62. The first kappa shape index (κ1) is 10.1. The van der Waals surface area contributed by atoms with Crippen LogP contribution < -0.4 is 5.73 Å². The van der Waals surface area contributed by atoms with Crippen LogP contribution in [0.3, 0.4) is 0 Å². The molecule has 1 aliphatic rings. The van der Waals surface area contributed by atoms with Gasteiger partial charge >= 0.3 is 0 Å². The van der Waals surface area contributed by atoms with Gasteiger partial charge in [-0.25, -0.2) is 4.98 Å². The Morgan fingerprint density at radius 3 is 3.29 bits per heavy atom. The van der Waals surface area contributed by atoms with Crippen LogP contribution in [0.2, 0.25) is 0 Å². The van der Waals surface area contributed by atoms with Gasteiger partial charge in [0.15, 0.2) is 0 Å². The van der Waals surface area contributed by atoms with Crippen LogP contribution in [0.5, 0.6) is 0 Å². The molecule has 14 heavy (non-hydrogen) atoms. The van der Waals surface area contributed by atoms with Crippen LogP contribution in [0.1, 0.15) is 28.6 Å². The van der Waals surface area contributed by atoms with Gasteiger partial charge in [-0.2, -0.15) is 0 Å². The Kier molecular flexibility index (Phi) is 3.50. The summed E-state index contributed by atoms with van der Waals surface area (Å²) in [5, 5.41) is 1.24. The van der Waals surface area contributed by atoms with Gasteiger partial charge in [0, 0.05) is 23.6 Å². The van der Waals surface area contributed by atoms with E-state index in [0.29, 0.717) is 5.92 Å². The molecule has 4 heteroatoms. The minimum absolute atomic E-state index is 0.548. The summed E-state index contributed by atoms with van der Waals surface area (Å²) in [5.41, 5.74) is 5.47. The molecule has 1 saturated heterocycles. The largest absolute Gasteiger partial charge is 0.381 e. The van der Waals surface area contributed by atoms with E-state index in [1.807, 2.05) is 17.5 Å². The summed E-state index contributed by atoms with van der Waals surface area (Å²) in [5.74, 6) is 0.548. The zero-order chi connectivity index (χ0) is 9.80. The fourth-order valence-corrected chi connectivity index (χ4v) is 2.71. The van der Waals surface area contributed by atoms with E-state index in [1.54, 1.807) is 0 Å². The molecular weight excluding hydrogens is 196 g/mol. The van der Waals surface area contributed by atoms with E-state index in [4.69, 9.17) is 10.5 Å². The normalized spacial score (nSPS) is 21.6. The van der Waals surface area contributed by atoms with E-state index in [1.165, 1.54) is 9.88 Å². The molecule has 1 atom stereocenters. The molecule has 2 heterocycles. The number of thiazole rings is 1. The molecule has 78 valence electrons. The molecule has 2 rings (SSSR count). The second-order valence-corrected chi connectivity index (χ2v) is 4.76. The Morgan fingerprint density at radius 1 is 1.64 bits per heavy atom. The topological polar surface area (TPSA) is 48.1 Å². The third-order valence-corrected chi connectivity index (χ3v) is 3.70. The summed E-state index contributed by atoms with van der Waals surface area (Å²) >= 11 is 1.82. The number of hydrogen-bond acceptors (Lipinski definition) is 4. The molecule has 1 fully saturated rings. The van der Waals surface area contributed by atoms with Crippen LogP contribution in [-0.4, -0.2) is 24.7 Å². The molecule has 0 radical (unpaired) electrons. The highest BCUT2D eigenvalue weighted by atomic mass is 32.1. The van der Waals surface area contributed by atoms with Gasteiger partial charge < -0.3 is 10.5 Å². The predicted molar refractivity (Wildman–Crippen MR) is 57.7 cm³/mol. The van der Waals surface area contributed by atoms with Gasteiger partial charge in [-0.3, -0.25) is 0 Å². The standard InChI is InChI=1S/C10H16N2OS/c11-4-1-2-9-6-12-10(14-9)8-3-5-13-7-8/h6,8H,1-5,7,11H2. The average molecular weight is 212 g/mol. The molecule has 1 aromatic rings. The van der Waals surface area contributed by atoms with E-state index in [0.717, 1.165) is 39.0 Å². The molecule has 0 spiro atoms. The quantitative estimate of drug-likeness (QED) is 0.823. The van der Waals surface area contributed by atoms with E-state index in [2.05, 4.69) is 4.98 Å². The van der Waals surface area contributed by atoms with Crippen LogP contribution in [0.4, 0.5) is 0 Å². The molecule has 1 aromatic heterocycles. The third-order valence-electron chi connectivity index (χ3n) is 2.48. The van der Waals surface area contributed by atoms with E-state index < -0.39 is 0 Å². The molecule has 0 saturated carbocycles. The highest BCUT2D eigenvalue weighted by molar-refractivity contribution is 7.11. The van der Waals surface area contributed by atoms with E-state index in [-0.39, 0.29) is 0 Å². The number of nitrogens with zero attached hydrogens (tertiary/aromatic N) is 1. The highest BCUT2D eigenvalue weighted by Gasteiger charge is 2.20. The van der Waals surface area contributed by atoms with Gasteiger partial charge in [0.05, 0.1) is 11.6 Å². The molecule has 1 aliphatic heterocycles. The maximum Gasteiger partial charge on any atom is 0.0982 e. The van der Waals surface area contributed by atoms with Crippen molar-refractivity contribution in [3.8, 4) is 0 Å². The Hall–Kier alpha value is -0.450. The molecule has 2 N–H and O–H groups in total. The summed E-state index contributed by atoms with van der Waals surface area (Å²) in [6.07, 6.45) is 5.25. The van der Waals surface area contributed by atoms with Crippen LogP contribution in [0, 0.1) is 0 Å². The number of aryl methyl sites for hydroxylation is 1. The smallest absolute Gasteiger partial charge is 0.0982 e. The van der Waals surface area contributed by atoms with Gasteiger partial charge in [0.25, 0.3) is 0 Å². The number of hydrogen-bond donors (Lipinski definition) is 1. The van der Waals surface area contributed by atoms with Crippen molar-refractivity contribution in [3.63, 3.8) is 0 Å². The number of nitrogens with two attached hydrogens (primary N) is 1. The van der Waals surface area contributed by atoms with Gasteiger partial charge in [0.2, 0.25) is 0 Å². The summed E-state index contributed by atoms with van der Waals surface area (Å²) in [6, 6.07) is 0. The van der Waals surface area contributed by atoms with Crippen molar-refractivity contribution in [2.45, 2.75) is 25.2 Å². The highest BCUT2D eigenvalue weighted by Crippen LogP contribution is 2.28. The van der Waals surface area contributed by atoms with E-state index in [9.17, 15) is 0 Å². The molecule has 1 unspecified atom stereocenters. The molecule has 3 nitrogen and oxygen atoms in total. The van der Waals surface area contributed by atoms with Crippen molar-refractivity contribution in [2.75, 3.05) is 19.8 Å². The molecular formula is C10H16N2OS. The SMILES string of the molecule is NCCCc1cnc(C2CCOC2)s1. The number of aromatic nitrogens is 1. The van der Waals surface area contributed by atoms with Crippen molar-refractivity contribution in [1.29, 1.82) is 0 Å². The Balaban J connectivity index is 1.94. The van der Waals surface area contributed by atoms with Crippen LogP contribution in [-0.2, 0) is 11.2 Å². The Labute approximate surface area is 88.3 Å². The number of rotatable bonds is 4. The van der Waals surface area contributed by atoms with Gasteiger partial charge in [-0.1, -0.05) is 0 Å². The maximum absolute atomic E-state index is 5.47. The van der Waals surface area contributed by atoms with Crippen LogP contribution in [0.25, 0.3) is 0 Å². The molecule has 0 bridgehead atoms. The maximum atomic E-state index is 5.47. The molecule has 0 aromatic carbocycles. The first-order valence-electron chi connectivity index (χ1n) is 5.12. The summed E-state index contributed by atoms with van der Waals surface area (Å²) in [7, 11) is 0. The lowest BCUT2D eigenvalue weighted by molar-refractivity contribution is 0.194. The fourth-order valence-electron chi connectivity index (χ4n) is 1.63. The third kappa shape index (κ3) is 2.32. The van der Waals surface area contributed by atoms with Crippen molar-refractivity contribution in [2.24, 2.45) is 5.73 Å². The minimum atomic E-state index is 0.548. The van der Waals surface area contributed by atoms with Crippen molar-refractivity contribution >= 4 is 11.3 Å². The lowest BCUT2D eigenvalue weighted by Crippen LogP contribution is -1.99. The van der Waals surface area contributed by atoms with E-state index >= 15 is 0 Å². The zero-order valence-corrected chi connectivity index (χ0v) is 9.05. The zero-order valence-electron chi connectivity index (χ0n) is 8.24. The lowest BCUT2D eigenvalue weighted by Gasteiger charge is -2.00. The van der Waals surface area contributed by atoms with Gasteiger partial charge in [0.1, 0.15) is 0 Å². The van der Waals surface area contributed by atoms with Gasteiger partial charge in [-0.15, -0.1) is 11.3 Å². The predicted octanol–water partition coefficient (Wildman–Crippen LogP) is 1.54. The van der Waals surface area contributed by atoms with Crippen LogP contribution in [0.15, 0.2) is 6.20 Å². The summed E-state index contributed by atoms with van der Waals surface area (Å²) in [4.78, 5) is 5.81.